The highest BCUT2D eigenvalue weighted by atomic mass is 16.4. The van der Waals surface area contributed by atoms with Crippen LogP contribution in [0.25, 0.3) is 0 Å². The fraction of sp³-hybridized carbons (Fsp3) is 0.500. The van der Waals surface area contributed by atoms with E-state index in [0.717, 1.165) is 45.4 Å². The Labute approximate surface area is 153 Å². The molecule has 2 N–H and O–H groups in total. The zero-order valence-electron chi connectivity index (χ0n) is 15.0. The quantitative estimate of drug-likeness (QED) is 0.859. The number of piperidine rings is 2. The molecule has 6 heteroatoms. The minimum atomic E-state index is -0.644. The van der Waals surface area contributed by atoms with Crippen LogP contribution in [0.4, 0.5) is 0 Å². The van der Waals surface area contributed by atoms with Crippen LogP contribution in [0.1, 0.15) is 30.4 Å². The molecule has 138 valence electrons. The predicted octanol–water partition coefficient (Wildman–Crippen LogP) is 1.96. The molecule has 0 bridgehead atoms. The lowest BCUT2D eigenvalue weighted by Crippen LogP contribution is -2.62. The van der Waals surface area contributed by atoms with Gasteiger partial charge in [0.25, 0.3) is 0 Å². The van der Waals surface area contributed by atoms with Crippen LogP contribution < -0.4 is 5.32 Å². The van der Waals surface area contributed by atoms with Gasteiger partial charge in [0.15, 0.2) is 0 Å². The SMILES string of the molecule is O=C(O)[C@]12CCCN[C@@H]1CCN(Cc1ccc(Cn3cccn3)cc1)C2. The molecule has 26 heavy (non-hydrogen) atoms. The Kier molecular flexibility index (Phi) is 4.78. The fourth-order valence-electron chi connectivity index (χ4n) is 4.45. The minimum absolute atomic E-state index is 0.112. The second kappa shape index (κ2) is 7.21. The summed E-state index contributed by atoms with van der Waals surface area (Å²) in [5.74, 6) is -0.644. The third kappa shape index (κ3) is 3.39. The topological polar surface area (TPSA) is 70.4 Å². The van der Waals surface area contributed by atoms with Crippen molar-refractivity contribution in [2.45, 2.75) is 38.4 Å². The second-order valence-corrected chi connectivity index (χ2v) is 7.59. The van der Waals surface area contributed by atoms with Gasteiger partial charge in [0.1, 0.15) is 0 Å². The van der Waals surface area contributed by atoms with E-state index >= 15 is 0 Å². The molecule has 2 fully saturated rings. The molecule has 2 saturated heterocycles. The van der Waals surface area contributed by atoms with Gasteiger partial charge in [-0.3, -0.25) is 14.4 Å². The largest absolute Gasteiger partial charge is 0.481 e. The molecule has 3 heterocycles. The Bertz CT molecular complexity index is 744. The maximum Gasteiger partial charge on any atom is 0.312 e. The lowest BCUT2D eigenvalue weighted by atomic mass is 9.70. The zero-order valence-corrected chi connectivity index (χ0v) is 15.0. The normalized spacial score (nSPS) is 26.4. The van der Waals surface area contributed by atoms with Crippen molar-refractivity contribution in [1.29, 1.82) is 0 Å². The van der Waals surface area contributed by atoms with Crippen molar-refractivity contribution in [1.82, 2.24) is 20.0 Å². The van der Waals surface area contributed by atoms with Crippen molar-refractivity contribution in [3.05, 3.63) is 53.9 Å². The number of benzene rings is 1. The van der Waals surface area contributed by atoms with Crippen molar-refractivity contribution >= 4 is 5.97 Å². The van der Waals surface area contributed by atoms with Gasteiger partial charge < -0.3 is 10.4 Å². The van der Waals surface area contributed by atoms with Gasteiger partial charge in [-0.15, -0.1) is 0 Å². The van der Waals surface area contributed by atoms with Gasteiger partial charge in [0.05, 0.1) is 12.0 Å². The Morgan fingerprint density at radius 3 is 2.73 bits per heavy atom. The lowest BCUT2D eigenvalue weighted by molar-refractivity contribution is -0.157. The number of fused-ring (bicyclic) bond motifs is 1. The third-order valence-corrected chi connectivity index (χ3v) is 5.86. The highest BCUT2D eigenvalue weighted by molar-refractivity contribution is 5.76. The molecule has 4 rings (SSSR count). The molecule has 2 aliphatic rings. The first-order valence-corrected chi connectivity index (χ1v) is 9.40. The highest BCUT2D eigenvalue weighted by Crippen LogP contribution is 2.38. The van der Waals surface area contributed by atoms with E-state index in [1.165, 1.54) is 11.1 Å². The molecule has 1 aromatic heterocycles. The first-order valence-electron chi connectivity index (χ1n) is 9.40. The Hall–Kier alpha value is -2.18. The number of carbonyl (C=O) groups is 1. The van der Waals surface area contributed by atoms with Crippen molar-refractivity contribution in [3.8, 4) is 0 Å². The molecule has 2 atom stereocenters. The van der Waals surface area contributed by atoms with E-state index in [-0.39, 0.29) is 6.04 Å². The maximum absolute atomic E-state index is 12.0. The van der Waals surface area contributed by atoms with Crippen LogP contribution >= 0.6 is 0 Å². The summed E-state index contributed by atoms with van der Waals surface area (Å²) in [6.07, 6.45) is 6.37. The third-order valence-electron chi connectivity index (χ3n) is 5.86. The fourth-order valence-corrected chi connectivity index (χ4v) is 4.45. The summed E-state index contributed by atoms with van der Waals surface area (Å²) < 4.78 is 1.91. The molecule has 0 unspecified atom stereocenters. The molecular weight excluding hydrogens is 328 g/mol. The van der Waals surface area contributed by atoms with Gasteiger partial charge in [0.2, 0.25) is 0 Å². The molecule has 2 aromatic rings. The van der Waals surface area contributed by atoms with Crippen molar-refractivity contribution in [2.24, 2.45) is 5.41 Å². The van der Waals surface area contributed by atoms with Gasteiger partial charge in [-0.1, -0.05) is 24.3 Å². The van der Waals surface area contributed by atoms with Crippen LogP contribution in [0.15, 0.2) is 42.7 Å². The van der Waals surface area contributed by atoms with Crippen molar-refractivity contribution in [3.63, 3.8) is 0 Å². The standard InChI is InChI=1S/C20H26N4O2/c25-19(26)20-8-1-9-21-18(20)7-12-23(15-20)13-16-3-5-17(6-4-16)14-24-11-2-10-22-24/h2-6,10-11,18,21H,1,7-9,12-15H2,(H,25,26)/t18-,20+/m1/s1. The van der Waals surface area contributed by atoms with Crippen molar-refractivity contribution < 1.29 is 9.90 Å². The van der Waals surface area contributed by atoms with E-state index in [1.54, 1.807) is 6.20 Å². The van der Waals surface area contributed by atoms with Gasteiger partial charge in [-0.2, -0.15) is 5.10 Å². The van der Waals surface area contributed by atoms with Gasteiger partial charge in [0, 0.05) is 38.1 Å². The number of carboxylic acid groups (broad SMARTS) is 1. The highest BCUT2D eigenvalue weighted by Gasteiger charge is 2.50. The van der Waals surface area contributed by atoms with E-state index in [9.17, 15) is 9.90 Å². The monoisotopic (exact) mass is 354 g/mol. The van der Waals surface area contributed by atoms with Crippen LogP contribution in [-0.2, 0) is 17.9 Å². The number of hydrogen-bond acceptors (Lipinski definition) is 4. The number of aliphatic carboxylic acids is 1. The first-order chi connectivity index (χ1) is 12.7. The molecule has 6 nitrogen and oxygen atoms in total. The molecule has 2 aliphatic heterocycles. The Morgan fingerprint density at radius 1 is 1.27 bits per heavy atom. The molecule has 1 aromatic carbocycles. The van der Waals surface area contributed by atoms with E-state index < -0.39 is 11.4 Å². The van der Waals surface area contributed by atoms with Crippen LogP contribution in [0, 0.1) is 5.41 Å². The molecule has 0 amide bonds. The molecule has 0 spiro atoms. The number of hydrogen-bond donors (Lipinski definition) is 2. The number of likely N-dealkylation sites (tertiary alicyclic amines) is 1. The number of aromatic nitrogens is 2. The number of nitrogens with zero attached hydrogens (tertiary/aromatic N) is 3. The van der Waals surface area contributed by atoms with Crippen LogP contribution in [-0.4, -0.2) is 51.4 Å². The summed E-state index contributed by atoms with van der Waals surface area (Å²) in [5.41, 5.74) is 1.82. The summed E-state index contributed by atoms with van der Waals surface area (Å²) in [6.45, 7) is 4.10. The van der Waals surface area contributed by atoms with Crippen LogP contribution in [0.3, 0.4) is 0 Å². The second-order valence-electron chi connectivity index (χ2n) is 7.59. The number of carboxylic acids is 1. The Morgan fingerprint density at radius 2 is 2.04 bits per heavy atom. The minimum Gasteiger partial charge on any atom is -0.481 e. The summed E-state index contributed by atoms with van der Waals surface area (Å²) >= 11 is 0. The summed E-state index contributed by atoms with van der Waals surface area (Å²) in [7, 11) is 0. The lowest BCUT2D eigenvalue weighted by Gasteiger charge is -2.48. The smallest absolute Gasteiger partial charge is 0.312 e. The maximum atomic E-state index is 12.0. The van der Waals surface area contributed by atoms with E-state index in [0.29, 0.717) is 6.54 Å². The average molecular weight is 354 g/mol. The van der Waals surface area contributed by atoms with E-state index in [4.69, 9.17) is 0 Å². The summed E-state index contributed by atoms with van der Waals surface area (Å²) in [4.78, 5) is 14.3. The van der Waals surface area contributed by atoms with E-state index in [1.807, 2.05) is 16.9 Å². The Balaban J connectivity index is 1.41. The van der Waals surface area contributed by atoms with Gasteiger partial charge >= 0.3 is 5.97 Å². The molecule has 0 radical (unpaired) electrons. The average Bonchev–Trinajstić information content (AvgIpc) is 3.16. The van der Waals surface area contributed by atoms with Gasteiger partial charge in [-0.25, -0.2) is 0 Å². The number of nitrogens with one attached hydrogen (secondary N) is 1. The van der Waals surface area contributed by atoms with E-state index in [2.05, 4.69) is 39.6 Å². The predicted molar refractivity (Wildman–Crippen MR) is 98.8 cm³/mol. The number of rotatable bonds is 5. The van der Waals surface area contributed by atoms with Crippen molar-refractivity contribution in [2.75, 3.05) is 19.6 Å². The van der Waals surface area contributed by atoms with Gasteiger partial charge in [-0.05, 0) is 43.0 Å². The first kappa shape index (κ1) is 17.2. The van der Waals surface area contributed by atoms with Crippen LogP contribution in [0.2, 0.25) is 0 Å². The molecule has 0 saturated carbocycles. The summed E-state index contributed by atoms with van der Waals surface area (Å²) in [5, 5.41) is 17.6. The summed E-state index contributed by atoms with van der Waals surface area (Å²) in [6, 6.07) is 10.6. The van der Waals surface area contributed by atoms with Crippen LogP contribution in [0.5, 0.6) is 0 Å². The molecule has 0 aliphatic carbocycles. The molecular formula is C20H26N4O2. The zero-order chi connectivity index (χ0) is 18.0.